The summed E-state index contributed by atoms with van der Waals surface area (Å²) in [7, 11) is 0. The van der Waals surface area contributed by atoms with E-state index in [4.69, 9.17) is 13.8 Å². The lowest BCUT2D eigenvalue weighted by Gasteiger charge is -2.28. The third kappa shape index (κ3) is 4.28. The van der Waals surface area contributed by atoms with Crippen LogP contribution in [0.4, 0.5) is 17.1 Å². The molecule has 7 aromatic carbocycles. The summed E-state index contributed by atoms with van der Waals surface area (Å²) in [6.07, 6.45) is 0. The zero-order valence-electron chi connectivity index (χ0n) is 27.7. The van der Waals surface area contributed by atoms with Gasteiger partial charge in [0.05, 0.1) is 5.39 Å². The minimum atomic E-state index is -0.166. The van der Waals surface area contributed by atoms with E-state index in [1.54, 1.807) is 0 Å². The van der Waals surface area contributed by atoms with Gasteiger partial charge in [0.2, 0.25) is 5.89 Å². The van der Waals surface area contributed by atoms with Crippen molar-refractivity contribution < 1.29 is 8.83 Å². The van der Waals surface area contributed by atoms with Crippen molar-refractivity contribution in [1.82, 2.24) is 4.98 Å². The summed E-state index contributed by atoms with van der Waals surface area (Å²) in [5.41, 5.74) is 14.3. The maximum absolute atomic E-state index is 6.82. The van der Waals surface area contributed by atoms with Crippen molar-refractivity contribution in [3.8, 4) is 33.7 Å². The molecule has 0 saturated carbocycles. The highest BCUT2D eigenvalue weighted by Gasteiger charge is 2.36. The van der Waals surface area contributed by atoms with Crippen LogP contribution < -0.4 is 4.90 Å². The van der Waals surface area contributed by atoms with Gasteiger partial charge in [0, 0.05) is 33.8 Å². The number of fused-ring (bicyclic) bond motifs is 7. The number of nitrogens with zero attached hydrogens (tertiary/aromatic N) is 2. The van der Waals surface area contributed by atoms with Gasteiger partial charge < -0.3 is 13.7 Å². The molecule has 50 heavy (non-hydrogen) atoms. The number of benzene rings is 7. The van der Waals surface area contributed by atoms with Crippen LogP contribution in [0.3, 0.4) is 0 Å². The average Bonchev–Trinajstić information content (AvgIpc) is 3.83. The molecular formula is C46H32N2O2. The lowest BCUT2D eigenvalue weighted by atomic mass is 9.82. The molecule has 2 aromatic heterocycles. The van der Waals surface area contributed by atoms with E-state index < -0.39 is 0 Å². The number of para-hydroxylation sites is 1. The summed E-state index contributed by atoms with van der Waals surface area (Å²) >= 11 is 0. The van der Waals surface area contributed by atoms with E-state index in [9.17, 15) is 0 Å². The third-order valence-corrected chi connectivity index (χ3v) is 10.3. The summed E-state index contributed by atoms with van der Waals surface area (Å²) < 4.78 is 13.4. The monoisotopic (exact) mass is 644 g/mol. The van der Waals surface area contributed by atoms with Crippen LogP contribution in [0.1, 0.15) is 25.0 Å². The molecule has 0 saturated heterocycles. The predicted octanol–water partition coefficient (Wildman–Crippen LogP) is 12.8. The van der Waals surface area contributed by atoms with Crippen molar-refractivity contribution in [3.63, 3.8) is 0 Å². The van der Waals surface area contributed by atoms with Gasteiger partial charge in [-0.3, -0.25) is 0 Å². The minimum absolute atomic E-state index is 0.166. The molecular weight excluding hydrogens is 613 g/mol. The smallest absolute Gasteiger partial charge is 0.227 e. The molecule has 0 spiro atoms. The first kappa shape index (κ1) is 28.6. The highest BCUT2D eigenvalue weighted by molar-refractivity contribution is 6.20. The molecule has 0 unspecified atom stereocenters. The van der Waals surface area contributed by atoms with Gasteiger partial charge in [-0.2, -0.15) is 0 Å². The molecule has 0 amide bonds. The second kappa shape index (κ2) is 10.8. The van der Waals surface area contributed by atoms with Gasteiger partial charge in [0.25, 0.3) is 0 Å². The van der Waals surface area contributed by atoms with Crippen LogP contribution in [0.5, 0.6) is 0 Å². The van der Waals surface area contributed by atoms with Crippen molar-refractivity contribution in [1.29, 1.82) is 0 Å². The van der Waals surface area contributed by atoms with Crippen LogP contribution in [0.25, 0.3) is 66.7 Å². The Morgan fingerprint density at radius 2 is 1.16 bits per heavy atom. The first-order valence-corrected chi connectivity index (χ1v) is 17.0. The summed E-state index contributed by atoms with van der Waals surface area (Å²) in [5.74, 6) is 0.573. The SMILES string of the molecule is CC1(C)c2ccccc2-c2ccc(N(c3ccc(-c4ccccc4)cc3)c3c4oc(-c5ccccc5)nc4cc4oc5ccccc5c34)cc21. The Hall–Kier alpha value is -6.39. The van der Waals surface area contributed by atoms with E-state index in [2.05, 4.69) is 128 Å². The molecule has 10 rings (SSSR count). The number of anilines is 3. The molecule has 0 N–H and O–H groups in total. The molecule has 2 heterocycles. The summed E-state index contributed by atoms with van der Waals surface area (Å²) in [4.78, 5) is 7.38. The lowest BCUT2D eigenvalue weighted by Crippen LogP contribution is -2.16. The lowest BCUT2D eigenvalue weighted by molar-refractivity contribution is 0.620. The van der Waals surface area contributed by atoms with Crippen LogP contribution in [-0.2, 0) is 5.41 Å². The molecule has 0 fully saturated rings. The van der Waals surface area contributed by atoms with Gasteiger partial charge in [-0.05, 0) is 75.8 Å². The second-order valence-corrected chi connectivity index (χ2v) is 13.6. The Morgan fingerprint density at radius 1 is 0.520 bits per heavy atom. The zero-order valence-corrected chi connectivity index (χ0v) is 27.7. The van der Waals surface area contributed by atoms with Crippen LogP contribution in [0, 0.1) is 0 Å². The fraction of sp³-hybridized carbons (Fsp3) is 0.0652. The number of oxazole rings is 1. The van der Waals surface area contributed by atoms with Gasteiger partial charge in [0.15, 0.2) is 5.58 Å². The maximum Gasteiger partial charge on any atom is 0.227 e. The fourth-order valence-electron chi connectivity index (χ4n) is 7.84. The van der Waals surface area contributed by atoms with Crippen molar-refractivity contribution in [2.75, 3.05) is 4.90 Å². The highest BCUT2D eigenvalue weighted by atomic mass is 16.4. The number of rotatable bonds is 5. The normalized spacial score (nSPS) is 13.2. The van der Waals surface area contributed by atoms with E-state index in [0.29, 0.717) is 11.5 Å². The molecule has 0 bridgehead atoms. The van der Waals surface area contributed by atoms with Crippen molar-refractivity contribution in [3.05, 3.63) is 169 Å². The Labute approximate surface area is 289 Å². The molecule has 0 aliphatic heterocycles. The molecule has 0 atom stereocenters. The first-order valence-electron chi connectivity index (χ1n) is 17.0. The van der Waals surface area contributed by atoms with Crippen molar-refractivity contribution in [2.24, 2.45) is 0 Å². The third-order valence-electron chi connectivity index (χ3n) is 10.3. The minimum Gasteiger partial charge on any atom is -0.456 e. The Balaban J connectivity index is 1.28. The fourth-order valence-corrected chi connectivity index (χ4v) is 7.84. The molecule has 4 heteroatoms. The second-order valence-electron chi connectivity index (χ2n) is 13.6. The number of hydrogen-bond acceptors (Lipinski definition) is 4. The Morgan fingerprint density at radius 3 is 1.96 bits per heavy atom. The van der Waals surface area contributed by atoms with Gasteiger partial charge >= 0.3 is 0 Å². The molecule has 238 valence electrons. The van der Waals surface area contributed by atoms with E-state index in [1.807, 2.05) is 48.5 Å². The van der Waals surface area contributed by atoms with Crippen LogP contribution in [0.15, 0.2) is 167 Å². The van der Waals surface area contributed by atoms with Gasteiger partial charge in [-0.1, -0.05) is 123 Å². The van der Waals surface area contributed by atoms with E-state index in [0.717, 1.165) is 55.6 Å². The molecule has 1 aliphatic rings. The van der Waals surface area contributed by atoms with E-state index in [1.165, 1.54) is 27.8 Å². The first-order chi connectivity index (χ1) is 24.5. The van der Waals surface area contributed by atoms with Crippen LogP contribution in [-0.4, -0.2) is 4.98 Å². The molecule has 4 nitrogen and oxygen atoms in total. The Kier molecular flexibility index (Phi) is 6.19. The molecule has 1 aliphatic carbocycles. The number of aromatic nitrogens is 1. The van der Waals surface area contributed by atoms with Crippen LogP contribution in [0.2, 0.25) is 0 Å². The maximum atomic E-state index is 6.82. The topological polar surface area (TPSA) is 42.4 Å². The standard InChI is InChI=1S/C46H32N2O2/c1-46(2)37-19-11-9-17-34(37)35-26-25-33(27-38(35)46)48(32-23-21-30(22-24-32)29-13-5-3-6-14-29)43-42-36-18-10-12-20-40(36)49-41(42)28-39-44(43)50-45(47-39)31-15-7-4-8-16-31/h3-28H,1-2H3. The van der Waals surface area contributed by atoms with Crippen molar-refractivity contribution in [2.45, 2.75) is 19.3 Å². The van der Waals surface area contributed by atoms with Crippen LogP contribution >= 0.6 is 0 Å². The van der Waals surface area contributed by atoms with Gasteiger partial charge in [-0.25, -0.2) is 4.98 Å². The van der Waals surface area contributed by atoms with E-state index >= 15 is 0 Å². The summed E-state index contributed by atoms with van der Waals surface area (Å²) in [5, 5.41) is 2.01. The van der Waals surface area contributed by atoms with E-state index in [-0.39, 0.29) is 5.41 Å². The summed E-state index contributed by atoms with van der Waals surface area (Å²) in [6, 6.07) is 55.3. The number of hydrogen-bond donors (Lipinski definition) is 0. The molecule has 0 radical (unpaired) electrons. The average molecular weight is 645 g/mol. The largest absolute Gasteiger partial charge is 0.456 e. The molecule has 9 aromatic rings. The van der Waals surface area contributed by atoms with Gasteiger partial charge in [0.1, 0.15) is 22.4 Å². The quantitative estimate of drug-likeness (QED) is 0.187. The number of furan rings is 1. The summed E-state index contributed by atoms with van der Waals surface area (Å²) in [6.45, 7) is 4.65. The highest BCUT2D eigenvalue weighted by Crippen LogP contribution is 2.53. The zero-order chi connectivity index (χ0) is 33.4. The predicted molar refractivity (Wildman–Crippen MR) is 204 cm³/mol. The van der Waals surface area contributed by atoms with Gasteiger partial charge in [-0.15, -0.1) is 0 Å². The van der Waals surface area contributed by atoms with Crippen molar-refractivity contribution >= 4 is 50.1 Å². The Bertz CT molecular complexity index is 2720.